The number of hydrogen-bond acceptors (Lipinski definition) is 4. The molecule has 1 fully saturated rings. The first-order valence-corrected chi connectivity index (χ1v) is 8.21. The molecule has 1 aliphatic heterocycles. The maximum absolute atomic E-state index is 5.93. The van der Waals surface area contributed by atoms with Crippen LogP contribution in [0.4, 0.5) is 5.69 Å². The number of nitrogens with one attached hydrogen (secondary N) is 1. The van der Waals surface area contributed by atoms with E-state index in [0.29, 0.717) is 5.92 Å². The Morgan fingerprint density at radius 2 is 2.20 bits per heavy atom. The molecule has 106 valence electrons. The zero-order chi connectivity index (χ0) is 13.8. The van der Waals surface area contributed by atoms with Gasteiger partial charge in [0.15, 0.2) is 0 Å². The zero-order valence-electron chi connectivity index (χ0n) is 11.3. The van der Waals surface area contributed by atoms with Gasteiger partial charge in [-0.3, -0.25) is 0 Å². The number of thiazole rings is 1. The lowest BCUT2D eigenvalue weighted by molar-refractivity contribution is 0.514. The highest BCUT2D eigenvalue weighted by Crippen LogP contribution is 2.24. The van der Waals surface area contributed by atoms with E-state index >= 15 is 0 Å². The molecule has 0 bridgehead atoms. The summed E-state index contributed by atoms with van der Waals surface area (Å²) < 4.78 is 0. The van der Waals surface area contributed by atoms with Gasteiger partial charge >= 0.3 is 0 Å². The van der Waals surface area contributed by atoms with Crippen molar-refractivity contribution >= 4 is 28.6 Å². The third-order valence-corrected chi connectivity index (χ3v) is 4.59. The highest BCUT2D eigenvalue weighted by Gasteiger charge is 2.22. The van der Waals surface area contributed by atoms with Gasteiger partial charge in [0.05, 0.1) is 11.2 Å². The number of nitrogens with zero attached hydrogens (tertiary/aromatic N) is 2. The summed E-state index contributed by atoms with van der Waals surface area (Å²) in [6.07, 6.45) is 1.24. The van der Waals surface area contributed by atoms with E-state index < -0.39 is 0 Å². The van der Waals surface area contributed by atoms with Crippen molar-refractivity contribution in [2.75, 3.05) is 24.5 Å². The summed E-state index contributed by atoms with van der Waals surface area (Å²) >= 11 is 7.58. The van der Waals surface area contributed by atoms with Gasteiger partial charge in [-0.25, -0.2) is 4.98 Å². The topological polar surface area (TPSA) is 28.2 Å². The Hall–Kier alpha value is -1.10. The summed E-state index contributed by atoms with van der Waals surface area (Å²) in [5.41, 5.74) is 4.30. The van der Waals surface area contributed by atoms with Crippen LogP contribution in [0.2, 0.25) is 5.02 Å². The molecule has 1 saturated heterocycles. The Balaban J connectivity index is 1.46. The lowest BCUT2D eigenvalue weighted by atomic mass is 10.1. The first-order chi connectivity index (χ1) is 9.81. The van der Waals surface area contributed by atoms with Crippen LogP contribution in [-0.2, 0) is 6.54 Å². The Labute approximate surface area is 128 Å². The first kappa shape index (κ1) is 13.9. The van der Waals surface area contributed by atoms with Crippen LogP contribution in [0.15, 0.2) is 35.2 Å². The molecular weight excluding hydrogens is 290 g/mol. The third-order valence-electron chi connectivity index (χ3n) is 3.70. The summed E-state index contributed by atoms with van der Waals surface area (Å²) in [6.45, 7) is 4.18. The Morgan fingerprint density at radius 3 is 2.95 bits per heavy atom. The fraction of sp³-hybridized carbons (Fsp3) is 0.400. The molecule has 5 heteroatoms. The number of halogens is 1. The lowest BCUT2D eigenvalue weighted by Gasteiger charge is -2.18. The standard InChI is InChI=1S/C15H18ClN3S/c16-13-1-3-15(4-2-13)19-6-5-12(9-19)7-17-8-14-10-20-11-18-14/h1-4,10-12,17H,5-9H2. The molecule has 0 aliphatic carbocycles. The van der Waals surface area contributed by atoms with Gasteiger partial charge in [0, 0.05) is 42.3 Å². The molecule has 2 heterocycles. The molecule has 1 aliphatic rings. The van der Waals surface area contributed by atoms with Crippen LogP contribution in [-0.4, -0.2) is 24.6 Å². The van der Waals surface area contributed by atoms with Crippen LogP contribution in [0.3, 0.4) is 0 Å². The molecule has 0 saturated carbocycles. The van der Waals surface area contributed by atoms with E-state index in [9.17, 15) is 0 Å². The van der Waals surface area contributed by atoms with Gasteiger partial charge < -0.3 is 10.2 Å². The molecule has 1 atom stereocenters. The highest BCUT2D eigenvalue weighted by atomic mass is 35.5. The van der Waals surface area contributed by atoms with E-state index in [4.69, 9.17) is 11.6 Å². The summed E-state index contributed by atoms with van der Waals surface area (Å²) in [4.78, 5) is 6.72. The van der Waals surface area contributed by atoms with Crippen molar-refractivity contribution in [2.24, 2.45) is 5.92 Å². The highest BCUT2D eigenvalue weighted by molar-refractivity contribution is 7.07. The van der Waals surface area contributed by atoms with Gasteiger partial charge in [0.25, 0.3) is 0 Å². The molecule has 1 unspecified atom stereocenters. The monoisotopic (exact) mass is 307 g/mol. The predicted molar refractivity (Wildman–Crippen MR) is 85.6 cm³/mol. The average molecular weight is 308 g/mol. The van der Waals surface area contributed by atoms with Crippen LogP contribution in [0.1, 0.15) is 12.1 Å². The minimum absolute atomic E-state index is 0.712. The van der Waals surface area contributed by atoms with Gasteiger partial charge in [0.1, 0.15) is 0 Å². The molecule has 3 nitrogen and oxygen atoms in total. The Bertz CT molecular complexity index is 527. The second-order valence-corrected chi connectivity index (χ2v) is 6.34. The van der Waals surface area contributed by atoms with Crippen molar-refractivity contribution in [1.29, 1.82) is 0 Å². The van der Waals surface area contributed by atoms with E-state index in [1.165, 1.54) is 12.1 Å². The molecule has 1 N–H and O–H groups in total. The predicted octanol–water partition coefficient (Wildman–Crippen LogP) is 3.41. The van der Waals surface area contributed by atoms with Gasteiger partial charge in [-0.15, -0.1) is 11.3 Å². The molecule has 0 amide bonds. The molecule has 1 aromatic carbocycles. The largest absolute Gasteiger partial charge is 0.371 e. The fourth-order valence-corrected chi connectivity index (χ4v) is 3.30. The molecule has 0 spiro atoms. The second-order valence-electron chi connectivity index (χ2n) is 5.19. The third kappa shape index (κ3) is 3.51. The number of aromatic nitrogens is 1. The van der Waals surface area contributed by atoms with E-state index in [-0.39, 0.29) is 0 Å². The summed E-state index contributed by atoms with van der Waals surface area (Å²) in [5.74, 6) is 0.712. The molecule has 2 aromatic rings. The number of rotatable bonds is 5. The summed E-state index contributed by atoms with van der Waals surface area (Å²) in [5, 5.41) is 6.41. The Morgan fingerprint density at radius 1 is 1.35 bits per heavy atom. The number of anilines is 1. The molecular formula is C15H18ClN3S. The van der Waals surface area contributed by atoms with Crippen LogP contribution in [0.5, 0.6) is 0 Å². The fourth-order valence-electron chi connectivity index (χ4n) is 2.61. The van der Waals surface area contributed by atoms with Crippen molar-refractivity contribution in [3.63, 3.8) is 0 Å². The summed E-state index contributed by atoms with van der Waals surface area (Å²) in [6, 6.07) is 8.14. The maximum atomic E-state index is 5.93. The zero-order valence-corrected chi connectivity index (χ0v) is 12.8. The van der Waals surface area contributed by atoms with Crippen LogP contribution in [0, 0.1) is 5.92 Å². The normalized spacial score (nSPS) is 18.6. The van der Waals surface area contributed by atoms with E-state index in [1.54, 1.807) is 11.3 Å². The smallest absolute Gasteiger partial charge is 0.0795 e. The first-order valence-electron chi connectivity index (χ1n) is 6.89. The van der Waals surface area contributed by atoms with Gasteiger partial charge in [-0.1, -0.05) is 11.6 Å². The average Bonchev–Trinajstić information content (AvgIpc) is 3.11. The van der Waals surface area contributed by atoms with Crippen molar-refractivity contribution in [1.82, 2.24) is 10.3 Å². The van der Waals surface area contributed by atoms with Gasteiger partial charge in [-0.2, -0.15) is 0 Å². The maximum Gasteiger partial charge on any atom is 0.0795 e. The Kier molecular flexibility index (Phi) is 4.55. The number of hydrogen-bond donors (Lipinski definition) is 1. The molecule has 0 radical (unpaired) electrons. The minimum Gasteiger partial charge on any atom is -0.371 e. The lowest BCUT2D eigenvalue weighted by Crippen LogP contribution is -2.26. The SMILES string of the molecule is Clc1ccc(N2CCC(CNCc3cscn3)C2)cc1. The van der Waals surface area contributed by atoms with Crippen molar-refractivity contribution in [3.8, 4) is 0 Å². The molecule has 1 aromatic heterocycles. The van der Waals surface area contributed by atoms with E-state index in [0.717, 1.165) is 36.9 Å². The molecule has 20 heavy (non-hydrogen) atoms. The van der Waals surface area contributed by atoms with Crippen molar-refractivity contribution < 1.29 is 0 Å². The van der Waals surface area contributed by atoms with E-state index in [1.807, 2.05) is 17.6 Å². The molecule has 3 rings (SSSR count). The number of benzene rings is 1. The minimum atomic E-state index is 0.712. The van der Waals surface area contributed by atoms with Crippen LogP contribution in [0.25, 0.3) is 0 Å². The van der Waals surface area contributed by atoms with Crippen LogP contribution >= 0.6 is 22.9 Å². The quantitative estimate of drug-likeness (QED) is 0.917. The summed E-state index contributed by atoms with van der Waals surface area (Å²) in [7, 11) is 0. The van der Waals surface area contributed by atoms with Crippen molar-refractivity contribution in [2.45, 2.75) is 13.0 Å². The van der Waals surface area contributed by atoms with E-state index in [2.05, 4.69) is 32.7 Å². The van der Waals surface area contributed by atoms with Gasteiger partial charge in [-0.05, 0) is 36.6 Å². The van der Waals surface area contributed by atoms with Crippen LogP contribution < -0.4 is 10.2 Å². The second kappa shape index (κ2) is 6.57. The van der Waals surface area contributed by atoms with Gasteiger partial charge in [0.2, 0.25) is 0 Å². The van der Waals surface area contributed by atoms with Crippen molar-refractivity contribution in [3.05, 3.63) is 45.9 Å².